The summed E-state index contributed by atoms with van der Waals surface area (Å²) in [7, 11) is -7.71. The van der Waals surface area contributed by atoms with Crippen LogP contribution in [0.3, 0.4) is 0 Å². The van der Waals surface area contributed by atoms with Gasteiger partial charge in [-0.1, -0.05) is 0 Å². The van der Waals surface area contributed by atoms with Crippen molar-refractivity contribution in [2.45, 2.75) is 87.2 Å². The van der Waals surface area contributed by atoms with Crippen LogP contribution >= 0.6 is 0 Å². The summed E-state index contributed by atoms with van der Waals surface area (Å²) in [5.41, 5.74) is -8.60. The van der Waals surface area contributed by atoms with E-state index in [0.29, 0.717) is 4.58 Å². The molecule has 4 aliphatic heterocycles. The van der Waals surface area contributed by atoms with Crippen molar-refractivity contribution in [2.24, 2.45) is 0 Å². The standard InChI is InChI=1S/C18H28F3N2O8SSi/c1-15(2,3)29-8-9-11(31-16(4,5)6)17(26,32(27,28)18(19,20)21)13(30-9)22-7-10-12(24)23(33-10)14(22)25/h7,9-11,13,26H,8,33H2,1-6H3/q+1/t9-,10?,11-,13-,17-/m1/s1. The maximum absolute atomic E-state index is 13.8. The maximum Gasteiger partial charge on any atom is 0.500 e. The number of ether oxygens (including phenoxy) is 3. The number of carbonyl (C=O) groups is 2. The molecule has 4 aliphatic rings. The topological polar surface area (TPSA) is 122 Å². The fraction of sp³-hybridized carbons (Fsp3) is 0.833. The van der Waals surface area contributed by atoms with E-state index in [4.69, 9.17) is 14.2 Å². The highest BCUT2D eigenvalue weighted by molar-refractivity contribution is 7.93. The van der Waals surface area contributed by atoms with Crippen LogP contribution in [0, 0.1) is 0 Å². The molecule has 0 aromatic carbocycles. The SMILES string of the molecule is CC(C)(C)OC[C@H]1O[C@@H]([N+]2=CC3[SiH2]N(C3=O)C2=O)[C@](O)(S(=O)(=O)C(F)(F)F)[C@@H]1OC(C)(C)C. The molecule has 0 spiro atoms. The fourth-order valence-corrected chi connectivity index (χ4v) is 6.57. The highest BCUT2D eigenvalue weighted by Crippen LogP contribution is 2.47. The van der Waals surface area contributed by atoms with Gasteiger partial charge in [0.05, 0.1) is 24.0 Å². The summed E-state index contributed by atoms with van der Waals surface area (Å²) in [5.74, 6) is -0.516. The first-order valence-corrected chi connectivity index (χ1v) is 13.1. The van der Waals surface area contributed by atoms with Gasteiger partial charge >= 0.3 is 17.4 Å². The smallest absolute Gasteiger partial charge is 0.373 e. The Morgan fingerprint density at radius 3 is 2.18 bits per heavy atom. The lowest BCUT2D eigenvalue weighted by Crippen LogP contribution is -2.69. The molecule has 2 saturated heterocycles. The van der Waals surface area contributed by atoms with E-state index in [1.54, 1.807) is 20.8 Å². The second-order valence-electron chi connectivity index (χ2n) is 10.2. The van der Waals surface area contributed by atoms with Crippen LogP contribution in [0.4, 0.5) is 18.0 Å². The molecule has 0 aromatic rings. The molecule has 33 heavy (non-hydrogen) atoms. The first kappa shape index (κ1) is 26.2. The summed E-state index contributed by atoms with van der Waals surface area (Å²) in [6.45, 7) is 8.95. The monoisotopic (exact) mass is 517 g/mol. The third-order valence-corrected chi connectivity index (χ3v) is 9.11. The zero-order valence-corrected chi connectivity index (χ0v) is 21.3. The lowest BCUT2D eigenvalue weighted by molar-refractivity contribution is -0.545. The van der Waals surface area contributed by atoms with Gasteiger partial charge in [-0.15, -0.1) is 0 Å². The van der Waals surface area contributed by atoms with Crippen LogP contribution in [0.2, 0.25) is 5.54 Å². The molecule has 0 radical (unpaired) electrons. The van der Waals surface area contributed by atoms with E-state index in [0.717, 1.165) is 10.8 Å². The van der Waals surface area contributed by atoms with Gasteiger partial charge in [-0.3, -0.25) is 0 Å². The van der Waals surface area contributed by atoms with Crippen LogP contribution < -0.4 is 0 Å². The highest BCUT2D eigenvalue weighted by Gasteiger charge is 2.76. The molecule has 1 unspecified atom stereocenters. The molecule has 4 rings (SSSR count). The van der Waals surface area contributed by atoms with Crippen LogP contribution in [0.15, 0.2) is 0 Å². The van der Waals surface area contributed by atoms with Crippen LogP contribution in [-0.4, -0.2) is 97.2 Å². The van der Waals surface area contributed by atoms with Gasteiger partial charge in [-0.05, 0) is 41.5 Å². The quantitative estimate of drug-likeness (QED) is 0.407. The van der Waals surface area contributed by atoms with E-state index >= 15 is 0 Å². The van der Waals surface area contributed by atoms with E-state index in [-0.39, 0.29) is 0 Å². The zero-order chi connectivity index (χ0) is 25.4. The molecule has 1 N–H and O–H groups in total. The number of alkyl halides is 3. The Bertz CT molecular complexity index is 988. The van der Waals surface area contributed by atoms with E-state index in [9.17, 15) is 36.3 Å². The van der Waals surface area contributed by atoms with E-state index in [2.05, 4.69) is 0 Å². The van der Waals surface area contributed by atoms with Crippen molar-refractivity contribution >= 4 is 37.7 Å². The second-order valence-corrected chi connectivity index (χ2v) is 14.2. The molecule has 15 heteroatoms. The number of carbonyl (C=O) groups excluding carboxylic acids is 2. The number of nitrogens with zero attached hydrogens (tertiary/aromatic N) is 2. The predicted molar refractivity (Wildman–Crippen MR) is 110 cm³/mol. The molecule has 0 aromatic heterocycles. The highest BCUT2D eigenvalue weighted by atomic mass is 32.2. The molecule has 3 amide bonds. The fourth-order valence-electron chi connectivity index (χ4n) is 3.79. The third kappa shape index (κ3) is 4.38. The first-order valence-electron chi connectivity index (χ1n) is 10.2. The number of fused-ring (bicyclic) bond motifs is 1. The molecule has 188 valence electrons. The molecule has 5 atom stereocenters. The van der Waals surface area contributed by atoms with Crippen LogP contribution in [-0.2, 0) is 28.8 Å². The number of imide groups is 1. The van der Waals surface area contributed by atoms with Gasteiger partial charge in [0.2, 0.25) is 0 Å². The number of aliphatic hydroxyl groups is 1. The maximum atomic E-state index is 13.8. The minimum atomic E-state index is -6.38. The molecule has 4 heterocycles. The molecular formula is C18H28F3N2O8SSi+. The van der Waals surface area contributed by atoms with Gasteiger partial charge in [0.25, 0.3) is 30.7 Å². The summed E-state index contributed by atoms with van der Waals surface area (Å²) >= 11 is 0. The predicted octanol–water partition coefficient (Wildman–Crippen LogP) is 0.265. The first-order chi connectivity index (χ1) is 14.7. The van der Waals surface area contributed by atoms with Gasteiger partial charge in [-0.25, -0.2) is 17.8 Å². The van der Waals surface area contributed by atoms with Crippen LogP contribution in [0.1, 0.15) is 41.5 Å². The summed E-state index contributed by atoms with van der Waals surface area (Å²) in [5, 5.41) is 11.4. The van der Waals surface area contributed by atoms with Crippen molar-refractivity contribution in [2.75, 3.05) is 6.61 Å². The molecule has 2 fully saturated rings. The lowest BCUT2D eigenvalue weighted by Gasteiger charge is -2.38. The Balaban J connectivity index is 2.17. The number of urea groups is 1. The number of halogens is 3. The van der Waals surface area contributed by atoms with Gasteiger partial charge in [0.1, 0.15) is 17.7 Å². The third-order valence-electron chi connectivity index (χ3n) is 5.31. The van der Waals surface area contributed by atoms with Crippen molar-refractivity contribution in [3.63, 3.8) is 0 Å². The lowest BCUT2D eigenvalue weighted by atomic mass is 10.1. The summed E-state index contributed by atoms with van der Waals surface area (Å²) < 4.78 is 85.0. The molecular weight excluding hydrogens is 489 g/mol. The molecule has 2 bridgehead atoms. The Morgan fingerprint density at radius 1 is 1.18 bits per heavy atom. The zero-order valence-electron chi connectivity index (χ0n) is 19.0. The van der Waals surface area contributed by atoms with Gasteiger partial charge in [0, 0.05) is 0 Å². The number of hydrogen-bond donors (Lipinski definition) is 1. The van der Waals surface area contributed by atoms with Gasteiger partial charge in [-0.2, -0.15) is 22.5 Å². The second kappa shape index (κ2) is 7.81. The number of rotatable bonds is 5. The van der Waals surface area contributed by atoms with Crippen LogP contribution in [0.5, 0.6) is 0 Å². The van der Waals surface area contributed by atoms with Crippen LogP contribution in [0.25, 0.3) is 0 Å². The molecule has 10 nitrogen and oxygen atoms in total. The largest absolute Gasteiger partial charge is 0.500 e. The van der Waals surface area contributed by atoms with Crippen molar-refractivity contribution < 1.29 is 55.1 Å². The van der Waals surface area contributed by atoms with Crippen molar-refractivity contribution in [3.8, 4) is 0 Å². The number of sulfone groups is 1. The summed E-state index contributed by atoms with van der Waals surface area (Å²) in [6, 6.07) is -1.04. The Labute approximate surface area is 191 Å². The minimum absolute atomic E-state index is 0.431. The normalized spacial score (nSPS) is 34.0. The van der Waals surface area contributed by atoms with Gasteiger partial charge in [0.15, 0.2) is 0 Å². The van der Waals surface area contributed by atoms with E-state index in [1.807, 2.05) is 0 Å². The average Bonchev–Trinajstić information content (AvgIpc) is 2.90. The summed E-state index contributed by atoms with van der Waals surface area (Å²) in [6.07, 6.45) is -4.83. The van der Waals surface area contributed by atoms with E-state index < -0.39 is 83.7 Å². The molecule has 0 aliphatic carbocycles. The Kier molecular flexibility index (Phi) is 6.21. The number of hydrogen-bond acceptors (Lipinski definition) is 8. The van der Waals surface area contributed by atoms with Crippen molar-refractivity contribution in [3.05, 3.63) is 0 Å². The molecule has 0 saturated carbocycles. The number of amides is 3. The minimum Gasteiger partial charge on any atom is -0.373 e. The van der Waals surface area contributed by atoms with Crippen molar-refractivity contribution in [1.82, 2.24) is 4.57 Å². The van der Waals surface area contributed by atoms with E-state index in [1.165, 1.54) is 20.8 Å². The average molecular weight is 518 g/mol. The Morgan fingerprint density at radius 2 is 1.76 bits per heavy atom. The summed E-state index contributed by atoms with van der Waals surface area (Å²) in [4.78, 5) is 20.9. The Hall–Kier alpha value is -1.39. The van der Waals surface area contributed by atoms with Gasteiger partial charge < -0.3 is 19.3 Å². The van der Waals surface area contributed by atoms with Crippen molar-refractivity contribution in [1.29, 1.82) is 0 Å².